The van der Waals surface area contributed by atoms with Crippen LogP contribution in [0.1, 0.15) is 23.4 Å². The molecular formula is C11H17N5S. The third-order valence-corrected chi connectivity index (χ3v) is 3.40. The molecule has 0 aromatic carbocycles. The van der Waals surface area contributed by atoms with E-state index in [0.29, 0.717) is 0 Å². The number of thiazole rings is 1. The number of nitrogens with two attached hydrogens (primary N) is 1. The van der Waals surface area contributed by atoms with Crippen LogP contribution in [0.15, 0.2) is 11.7 Å². The van der Waals surface area contributed by atoms with Crippen molar-refractivity contribution in [2.75, 3.05) is 0 Å². The summed E-state index contributed by atoms with van der Waals surface area (Å²) in [4.78, 5) is 8.65. The molecule has 0 saturated carbocycles. The molecule has 2 aromatic rings. The van der Waals surface area contributed by atoms with Crippen molar-refractivity contribution in [2.45, 2.75) is 39.3 Å². The molecule has 6 heteroatoms. The molecule has 1 atom stereocenters. The molecule has 0 radical (unpaired) electrons. The molecule has 2 rings (SSSR count). The molecule has 2 heterocycles. The fourth-order valence-electron chi connectivity index (χ4n) is 1.79. The number of nitrogens with zero attached hydrogens (tertiary/aromatic N) is 4. The van der Waals surface area contributed by atoms with Gasteiger partial charge in [0.25, 0.3) is 0 Å². The van der Waals surface area contributed by atoms with Gasteiger partial charge >= 0.3 is 0 Å². The average Bonchev–Trinajstić information content (AvgIpc) is 2.87. The molecule has 2 aromatic heterocycles. The van der Waals surface area contributed by atoms with Crippen molar-refractivity contribution in [2.24, 2.45) is 5.73 Å². The Hall–Kier alpha value is -1.27. The molecule has 0 spiro atoms. The van der Waals surface area contributed by atoms with Gasteiger partial charge in [-0.2, -0.15) is 5.10 Å². The molecule has 0 fully saturated rings. The molecule has 0 saturated heterocycles. The maximum absolute atomic E-state index is 6.11. The van der Waals surface area contributed by atoms with E-state index in [1.807, 2.05) is 18.5 Å². The molecule has 0 aliphatic carbocycles. The highest BCUT2D eigenvalue weighted by Gasteiger charge is 2.11. The maximum Gasteiger partial charge on any atom is 0.138 e. The van der Waals surface area contributed by atoms with Gasteiger partial charge in [0.15, 0.2) is 0 Å². The van der Waals surface area contributed by atoms with Gasteiger partial charge in [-0.15, -0.1) is 11.3 Å². The smallest absolute Gasteiger partial charge is 0.138 e. The fourth-order valence-corrected chi connectivity index (χ4v) is 2.41. The summed E-state index contributed by atoms with van der Waals surface area (Å²) in [6.07, 6.45) is 3.11. The van der Waals surface area contributed by atoms with Gasteiger partial charge in [-0.25, -0.2) is 9.97 Å². The topological polar surface area (TPSA) is 69.6 Å². The van der Waals surface area contributed by atoms with Crippen LogP contribution in [0.4, 0.5) is 0 Å². The largest absolute Gasteiger partial charge is 0.327 e. The van der Waals surface area contributed by atoms with E-state index in [2.05, 4.69) is 20.4 Å². The first-order chi connectivity index (χ1) is 8.19. The lowest BCUT2D eigenvalue weighted by Gasteiger charge is -2.09. The highest BCUT2D eigenvalue weighted by molar-refractivity contribution is 7.09. The lowest BCUT2D eigenvalue weighted by atomic mass is 10.1. The Morgan fingerprint density at radius 3 is 2.94 bits per heavy atom. The molecule has 0 aliphatic rings. The zero-order valence-corrected chi connectivity index (χ0v) is 10.9. The third-order valence-electron chi connectivity index (χ3n) is 2.58. The maximum atomic E-state index is 6.11. The van der Waals surface area contributed by atoms with Crippen molar-refractivity contribution in [1.29, 1.82) is 0 Å². The molecule has 0 aliphatic heterocycles. The highest BCUT2D eigenvalue weighted by atomic mass is 32.1. The average molecular weight is 251 g/mol. The minimum absolute atomic E-state index is 0.0472. The summed E-state index contributed by atoms with van der Waals surface area (Å²) < 4.78 is 1.88. The SMILES string of the molecule is CCn1ncnc1CC(N)Cc1csc(C)n1. The number of hydrogen-bond donors (Lipinski definition) is 1. The Morgan fingerprint density at radius 2 is 2.29 bits per heavy atom. The van der Waals surface area contributed by atoms with Gasteiger partial charge in [-0.1, -0.05) is 0 Å². The molecule has 0 bridgehead atoms. The Labute approximate surface area is 105 Å². The number of aromatic nitrogens is 4. The number of aryl methyl sites for hydroxylation is 2. The molecule has 17 heavy (non-hydrogen) atoms. The van der Waals surface area contributed by atoms with Crippen molar-refractivity contribution in [3.8, 4) is 0 Å². The second-order valence-corrected chi connectivity index (χ2v) is 5.08. The molecular weight excluding hydrogens is 234 g/mol. The molecule has 1 unspecified atom stereocenters. The summed E-state index contributed by atoms with van der Waals surface area (Å²) in [5, 5.41) is 7.29. The molecule has 92 valence electrons. The zero-order chi connectivity index (χ0) is 12.3. The Balaban J connectivity index is 1.95. The quantitative estimate of drug-likeness (QED) is 0.866. The summed E-state index contributed by atoms with van der Waals surface area (Å²) in [5.41, 5.74) is 7.19. The Morgan fingerprint density at radius 1 is 1.47 bits per heavy atom. The Bertz CT molecular complexity index is 476. The first-order valence-corrected chi connectivity index (χ1v) is 6.60. The zero-order valence-electron chi connectivity index (χ0n) is 10.1. The van der Waals surface area contributed by atoms with Crippen LogP contribution in [0.5, 0.6) is 0 Å². The summed E-state index contributed by atoms with van der Waals surface area (Å²) in [5.74, 6) is 0.951. The van der Waals surface area contributed by atoms with Crippen molar-refractivity contribution >= 4 is 11.3 Å². The summed E-state index contributed by atoms with van der Waals surface area (Å²) in [6, 6.07) is 0.0472. The minimum atomic E-state index is 0.0472. The predicted octanol–water partition coefficient (Wildman–Crippen LogP) is 1.18. The van der Waals surface area contributed by atoms with Crippen LogP contribution in [0, 0.1) is 6.92 Å². The van der Waals surface area contributed by atoms with E-state index < -0.39 is 0 Å². The monoisotopic (exact) mass is 251 g/mol. The summed E-state index contributed by atoms with van der Waals surface area (Å²) in [7, 11) is 0. The standard InChI is InChI=1S/C11H17N5S/c1-3-16-11(13-7-14-16)5-9(12)4-10-6-17-8(2)15-10/h6-7,9H,3-5,12H2,1-2H3. The van der Waals surface area contributed by atoms with E-state index in [-0.39, 0.29) is 6.04 Å². The molecule has 5 nitrogen and oxygen atoms in total. The third kappa shape index (κ3) is 3.10. The molecule has 2 N–H and O–H groups in total. The van der Waals surface area contributed by atoms with Crippen molar-refractivity contribution in [3.05, 3.63) is 28.2 Å². The van der Waals surface area contributed by atoms with E-state index in [1.165, 1.54) is 0 Å². The van der Waals surface area contributed by atoms with Crippen molar-refractivity contribution in [3.63, 3.8) is 0 Å². The van der Waals surface area contributed by atoms with Crippen LogP contribution in [0.25, 0.3) is 0 Å². The van der Waals surface area contributed by atoms with Crippen molar-refractivity contribution < 1.29 is 0 Å². The number of hydrogen-bond acceptors (Lipinski definition) is 5. The van der Waals surface area contributed by atoms with Crippen LogP contribution < -0.4 is 5.73 Å². The van der Waals surface area contributed by atoms with E-state index in [1.54, 1.807) is 17.7 Å². The summed E-state index contributed by atoms with van der Waals surface area (Å²) in [6.45, 7) is 4.89. The first-order valence-electron chi connectivity index (χ1n) is 5.72. The minimum Gasteiger partial charge on any atom is -0.327 e. The summed E-state index contributed by atoms with van der Waals surface area (Å²) >= 11 is 1.66. The molecule has 0 amide bonds. The van der Waals surface area contributed by atoms with Crippen molar-refractivity contribution in [1.82, 2.24) is 19.7 Å². The van der Waals surface area contributed by atoms with Crippen LogP contribution in [-0.4, -0.2) is 25.8 Å². The van der Waals surface area contributed by atoms with Gasteiger partial charge in [0.2, 0.25) is 0 Å². The van der Waals surface area contributed by atoms with E-state index in [0.717, 1.165) is 35.9 Å². The highest BCUT2D eigenvalue weighted by Crippen LogP contribution is 2.10. The lowest BCUT2D eigenvalue weighted by molar-refractivity contribution is 0.565. The van der Waals surface area contributed by atoms with E-state index >= 15 is 0 Å². The van der Waals surface area contributed by atoms with Gasteiger partial charge in [0.1, 0.15) is 12.2 Å². The number of rotatable bonds is 5. The lowest BCUT2D eigenvalue weighted by Crippen LogP contribution is -2.27. The predicted molar refractivity (Wildman–Crippen MR) is 67.9 cm³/mol. The van der Waals surface area contributed by atoms with Gasteiger partial charge in [0.05, 0.1) is 10.7 Å². The van der Waals surface area contributed by atoms with Crippen LogP contribution in [-0.2, 0) is 19.4 Å². The van der Waals surface area contributed by atoms with Gasteiger partial charge in [-0.05, 0) is 13.8 Å². The fraction of sp³-hybridized carbons (Fsp3) is 0.545. The van der Waals surface area contributed by atoms with E-state index in [4.69, 9.17) is 5.73 Å². The van der Waals surface area contributed by atoms with Gasteiger partial charge in [-0.3, -0.25) is 4.68 Å². The second kappa shape index (κ2) is 5.37. The first kappa shape index (κ1) is 12.2. The Kier molecular flexibility index (Phi) is 3.86. The second-order valence-electron chi connectivity index (χ2n) is 4.02. The van der Waals surface area contributed by atoms with Crippen LogP contribution >= 0.6 is 11.3 Å². The normalized spacial score (nSPS) is 12.9. The van der Waals surface area contributed by atoms with Gasteiger partial charge < -0.3 is 5.73 Å². The van der Waals surface area contributed by atoms with Crippen LogP contribution in [0.2, 0.25) is 0 Å². The van der Waals surface area contributed by atoms with E-state index in [9.17, 15) is 0 Å². The van der Waals surface area contributed by atoms with Crippen LogP contribution in [0.3, 0.4) is 0 Å². The van der Waals surface area contributed by atoms with Gasteiger partial charge in [0, 0.05) is 30.8 Å².